The van der Waals surface area contributed by atoms with Gasteiger partial charge in [0.1, 0.15) is 0 Å². The maximum absolute atomic E-state index is 6.12. The molecule has 3 atom stereocenters. The third-order valence-corrected chi connectivity index (χ3v) is 4.55. The molecule has 2 rings (SSSR count). The number of benzene rings is 1. The van der Waals surface area contributed by atoms with Crippen LogP contribution in [0.1, 0.15) is 25.5 Å². The summed E-state index contributed by atoms with van der Waals surface area (Å²) in [4.78, 5) is 2.41. The van der Waals surface area contributed by atoms with Crippen LogP contribution >= 0.6 is 27.5 Å². The van der Waals surface area contributed by atoms with Gasteiger partial charge in [0.2, 0.25) is 0 Å². The normalized spacial score (nSPS) is 26.4. The summed E-state index contributed by atoms with van der Waals surface area (Å²) < 4.78 is 6.74. The summed E-state index contributed by atoms with van der Waals surface area (Å²) in [5, 5.41) is 0.741. The zero-order chi connectivity index (χ0) is 14.0. The number of nitrogens with two attached hydrogens (primary N) is 1. The van der Waals surface area contributed by atoms with E-state index in [1.807, 2.05) is 18.2 Å². The third-order valence-electron chi connectivity index (χ3n) is 3.60. The van der Waals surface area contributed by atoms with Crippen molar-refractivity contribution < 1.29 is 4.74 Å². The highest BCUT2D eigenvalue weighted by Gasteiger charge is 2.30. The van der Waals surface area contributed by atoms with E-state index in [1.54, 1.807) is 0 Å². The monoisotopic (exact) mass is 346 g/mol. The van der Waals surface area contributed by atoms with Gasteiger partial charge in [-0.05, 0) is 37.6 Å². The van der Waals surface area contributed by atoms with Crippen LogP contribution in [0, 0.1) is 0 Å². The Labute approximate surface area is 128 Å². The number of hydrogen-bond donors (Lipinski definition) is 1. The molecule has 1 fully saturated rings. The van der Waals surface area contributed by atoms with Gasteiger partial charge < -0.3 is 10.5 Å². The molecular formula is C14H20BrClN2O. The largest absolute Gasteiger partial charge is 0.376 e. The van der Waals surface area contributed by atoms with Crippen LogP contribution < -0.4 is 5.73 Å². The van der Waals surface area contributed by atoms with Crippen molar-refractivity contribution in [3.05, 3.63) is 33.3 Å². The average molecular weight is 348 g/mol. The lowest BCUT2D eigenvalue weighted by molar-refractivity contribution is -0.0654. The van der Waals surface area contributed by atoms with Crippen molar-refractivity contribution in [2.24, 2.45) is 5.73 Å². The summed E-state index contributed by atoms with van der Waals surface area (Å²) in [6, 6.07) is 6.38. The summed E-state index contributed by atoms with van der Waals surface area (Å²) in [6.07, 6.45) is 0.239. The molecule has 3 unspecified atom stereocenters. The predicted molar refractivity (Wildman–Crippen MR) is 82.5 cm³/mol. The fourth-order valence-electron chi connectivity index (χ4n) is 2.57. The SMILES string of the molecule is CC1CN(C(CN)c2cc(Cl)ccc2Br)C(C)CO1. The lowest BCUT2D eigenvalue weighted by atomic mass is 10.0. The zero-order valence-corrected chi connectivity index (χ0v) is 13.6. The predicted octanol–water partition coefficient (Wildman–Crippen LogP) is 3.21. The summed E-state index contributed by atoms with van der Waals surface area (Å²) in [6.45, 7) is 6.47. The second kappa shape index (κ2) is 6.55. The molecule has 0 aromatic heterocycles. The van der Waals surface area contributed by atoms with Gasteiger partial charge in [-0.25, -0.2) is 0 Å². The van der Waals surface area contributed by atoms with E-state index >= 15 is 0 Å². The van der Waals surface area contributed by atoms with Gasteiger partial charge in [-0.2, -0.15) is 0 Å². The Bertz CT molecular complexity index is 443. The van der Waals surface area contributed by atoms with E-state index < -0.39 is 0 Å². The molecule has 0 saturated carbocycles. The van der Waals surface area contributed by atoms with E-state index in [-0.39, 0.29) is 12.1 Å². The highest BCUT2D eigenvalue weighted by atomic mass is 79.9. The molecule has 19 heavy (non-hydrogen) atoms. The molecule has 0 amide bonds. The zero-order valence-electron chi connectivity index (χ0n) is 11.3. The Kier molecular flexibility index (Phi) is 5.26. The Morgan fingerprint density at radius 2 is 2.26 bits per heavy atom. The van der Waals surface area contributed by atoms with Crippen molar-refractivity contribution in [3.63, 3.8) is 0 Å². The van der Waals surface area contributed by atoms with E-state index in [2.05, 4.69) is 34.7 Å². The van der Waals surface area contributed by atoms with Gasteiger partial charge in [-0.3, -0.25) is 4.90 Å². The molecular weight excluding hydrogens is 328 g/mol. The maximum Gasteiger partial charge on any atom is 0.0675 e. The quantitative estimate of drug-likeness (QED) is 0.912. The van der Waals surface area contributed by atoms with Crippen LogP contribution in [0.2, 0.25) is 5.02 Å². The molecule has 1 aromatic carbocycles. The molecule has 1 saturated heterocycles. The fraction of sp³-hybridized carbons (Fsp3) is 0.571. The number of ether oxygens (including phenoxy) is 1. The van der Waals surface area contributed by atoms with E-state index in [9.17, 15) is 0 Å². The van der Waals surface area contributed by atoms with Gasteiger partial charge in [0.15, 0.2) is 0 Å². The van der Waals surface area contributed by atoms with Gasteiger partial charge in [0, 0.05) is 34.7 Å². The van der Waals surface area contributed by atoms with E-state index in [4.69, 9.17) is 22.1 Å². The van der Waals surface area contributed by atoms with Crippen LogP contribution in [0.3, 0.4) is 0 Å². The lowest BCUT2D eigenvalue weighted by Gasteiger charge is -2.42. The highest BCUT2D eigenvalue weighted by Crippen LogP contribution is 2.32. The molecule has 1 aromatic rings. The second-order valence-electron chi connectivity index (χ2n) is 5.11. The van der Waals surface area contributed by atoms with Crippen molar-refractivity contribution in [1.29, 1.82) is 0 Å². The molecule has 3 nitrogen and oxygen atoms in total. The standard InChI is InChI=1S/C14H20BrClN2O/c1-9-8-19-10(2)7-18(9)14(6-17)12-5-11(16)3-4-13(12)15/h3-5,9-10,14H,6-8,17H2,1-2H3. The molecule has 1 heterocycles. The van der Waals surface area contributed by atoms with Gasteiger partial charge in [-0.15, -0.1) is 0 Å². The maximum atomic E-state index is 6.12. The minimum absolute atomic E-state index is 0.162. The van der Waals surface area contributed by atoms with Crippen LogP contribution in [0.15, 0.2) is 22.7 Å². The number of nitrogens with zero attached hydrogens (tertiary/aromatic N) is 1. The number of hydrogen-bond acceptors (Lipinski definition) is 3. The number of rotatable bonds is 3. The summed E-state index contributed by atoms with van der Waals surface area (Å²) >= 11 is 9.72. The van der Waals surface area contributed by atoms with Crippen molar-refractivity contribution in [2.75, 3.05) is 19.7 Å². The van der Waals surface area contributed by atoms with Crippen molar-refractivity contribution in [1.82, 2.24) is 4.90 Å². The molecule has 0 bridgehead atoms. The minimum Gasteiger partial charge on any atom is -0.376 e. The van der Waals surface area contributed by atoms with Crippen molar-refractivity contribution >= 4 is 27.5 Å². The molecule has 106 valence electrons. The van der Waals surface area contributed by atoms with E-state index in [0.717, 1.165) is 28.2 Å². The molecule has 0 aliphatic carbocycles. The number of morpholine rings is 1. The van der Waals surface area contributed by atoms with Crippen LogP contribution in [0.25, 0.3) is 0 Å². The van der Waals surface area contributed by atoms with Gasteiger partial charge >= 0.3 is 0 Å². The number of halogens is 2. The average Bonchev–Trinajstić information content (AvgIpc) is 2.38. The summed E-state index contributed by atoms with van der Waals surface area (Å²) in [5.41, 5.74) is 7.16. The lowest BCUT2D eigenvalue weighted by Crippen LogP contribution is -2.50. The van der Waals surface area contributed by atoms with Crippen molar-refractivity contribution in [3.8, 4) is 0 Å². The molecule has 0 radical (unpaired) electrons. The van der Waals surface area contributed by atoms with E-state index in [0.29, 0.717) is 12.6 Å². The Morgan fingerprint density at radius 1 is 1.53 bits per heavy atom. The molecule has 1 aliphatic rings. The first-order valence-electron chi connectivity index (χ1n) is 6.55. The molecule has 2 N–H and O–H groups in total. The van der Waals surface area contributed by atoms with Gasteiger partial charge in [0.25, 0.3) is 0 Å². The van der Waals surface area contributed by atoms with Crippen LogP contribution in [0.5, 0.6) is 0 Å². The fourth-order valence-corrected chi connectivity index (χ4v) is 3.27. The van der Waals surface area contributed by atoms with E-state index in [1.165, 1.54) is 0 Å². The van der Waals surface area contributed by atoms with Crippen LogP contribution in [-0.2, 0) is 4.74 Å². The minimum atomic E-state index is 0.162. The van der Waals surface area contributed by atoms with Crippen LogP contribution in [-0.4, -0.2) is 36.7 Å². The Balaban J connectivity index is 2.30. The Hall–Kier alpha value is -0.130. The van der Waals surface area contributed by atoms with Gasteiger partial charge in [-0.1, -0.05) is 27.5 Å². The highest BCUT2D eigenvalue weighted by molar-refractivity contribution is 9.10. The summed E-state index contributed by atoms with van der Waals surface area (Å²) in [7, 11) is 0. The second-order valence-corrected chi connectivity index (χ2v) is 6.40. The van der Waals surface area contributed by atoms with Crippen LogP contribution in [0.4, 0.5) is 0 Å². The smallest absolute Gasteiger partial charge is 0.0675 e. The molecule has 1 aliphatic heterocycles. The molecule has 5 heteroatoms. The first-order valence-corrected chi connectivity index (χ1v) is 7.72. The van der Waals surface area contributed by atoms with Crippen molar-refractivity contribution in [2.45, 2.75) is 32.0 Å². The first kappa shape index (κ1) is 15.3. The topological polar surface area (TPSA) is 38.5 Å². The summed E-state index contributed by atoms with van der Waals surface area (Å²) in [5.74, 6) is 0. The molecule has 0 spiro atoms. The third kappa shape index (κ3) is 3.50. The van der Waals surface area contributed by atoms with Gasteiger partial charge in [0.05, 0.1) is 12.7 Å². The Morgan fingerprint density at radius 3 is 2.95 bits per heavy atom. The first-order chi connectivity index (χ1) is 9.02.